The Morgan fingerprint density at radius 1 is 1.60 bits per heavy atom. The van der Waals surface area contributed by atoms with Crippen LogP contribution in [0.2, 0.25) is 0 Å². The zero-order chi connectivity index (χ0) is 7.98. The Hall–Kier alpha value is -0.150. The molecule has 0 saturated carbocycles. The molecule has 0 fully saturated rings. The zero-order valence-electron chi connectivity index (χ0n) is 6.77. The van der Waals surface area contributed by atoms with Crippen LogP contribution in [0.4, 0.5) is 0 Å². The average Bonchev–Trinajstić information content (AvgIpc) is 1.99. The summed E-state index contributed by atoms with van der Waals surface area (Å²) in [7, 11) is 1.86. The van der Waals surface area contributed by atoms with Gasteiger partial charge in [-0.2, -0.15) is 0 Å². The topological polar surface area (TPSA) is 32.3 Å². The number of nitrogens with one attached hydrogen (secondary N) is 1. The Morgan fingerprint density at radius 3 is 2.50 bits per heavy atom. The number of hydrogen-bond acceptors (Lipinski definition) is 3. The van der Waals surface area contributed by atoms with Gasteiger partial charge in [0.05, 0.1) is 6.61 Å². The van der Waals surface area contributed by atoms with Gasteiger partial charge in [-0.1, -0.05) is 6.92 Å². The standard InChI is InChI=1S/C7H15NOS/c1-4-10-7(5-9)6(2)8-3/h8-9H,4-5H2,1-3H3/b7-6-. The first-order valence-corrected chi connectivity index (χ1v) is 4.36. The molecule has 0 bridgehead atoms. The molecule has 0 amide bonds. The monoisotopic (exact) mass is 161 g/mol. The Morgan fingerprint density at radius 2 is 2.20 bits per heavy atom. The maximum atomic E-state index is 8.84. The number of thioether (sulfide) groups is 1. The highest BCUT2D eigenvalue weighted by molar-refractivity contribution is 8.03. The lowest BCUT2D eigenvalue weighted by Gasteiger charge is -2.06. The molecule has 0 aromatic carbocycles. The summed E-state index contributed by atoms with van der Waals surface area (Å²) in [5, 5.41) is 11.8. The molecular weight excluding hydrogens is 146 g/mol. The minimum atomic E-state index is 0.144. The highest BCUT2D eigenvalue weighted by Crippen LogP contribution is 2.16. The Kier molecular flexibility index (Phi) is 5.54. The molecule has 0 unspecified atom stereocenters. The zero-order valence-corrected chi connectivity index (χ0v) is 7.59. The predicted octanol–water partition coefficient (Wildman–Crippen LogP) is 1.18. The second-order valence-electron chi connectivity index (χ2n) is 1.89. The highest BCUT2D eigenvalue weighted by atomic mass is 32.2. The van der Waals surface area contributed by atoms with Gasteiger partial charge in [-0.25, -0.2) is 0 Å². The fourth-order valence-corrected chi connectivity index (χ4v) is 1.34. The highest BCUT2D eigenvalue weighted by Gasteiger charge is 1.97. The van der Waals surface area contributed by atoms with Crippen LogP contribution in [-0.2, 0) is 0 Å². The number of rotatable bonds is 4. The molecule has 0 saturated heterocycles. The quantitative estimate of drug-likeness (QED) is 0.649. The maximum Gasteiger partial charge on any atom is 0.0757 e. The lowest BCUT2D eigenvalue weighted by atomic mass is 10.4. The van der Waals surface area contributed by atoms with E-state index in [-0.39, 0.29) is 6.61 Å². The second-order valence-corrected chi connectivity index (χ2v) is 3.25. The molecule has 10 heavy (non-hydrogen) atoms. The van der Waals surface area contributed by atoms with Crippen molar-refractivity contribution in [3.05, 3.63) is 10.6 Å². The second kappa shape index (κ2) is 5.62. The van der Waals surface area contributed by atoms with E-state index in [4.69, 9.17) is 5.11 Å². The van der Waals surface area contributed by atoms with Crippen LogP contribution in [0.3, 0.4) is 0 Å². The van der Waals surface area contributed by atoms with Crippen LogP contribution in [-0.4, -0.2) is 24.5 Å². The van der Waals surface area contributed by atoms with Crippen molar-refractivity contribution in [2.24, 2.45) is 0 Å². The third-order valence-electron chi connectivity index (χ3n) is 1.26. The van der Waals surface area contributed by atoms with Gasteiger partial charge in [-0.3, -0.25) is 0 Å². The lowest BCUT2D eigenvalue weighted by Crippen LogP contribution is -2.06. The summed E-state index contributed by atoms with van der Waals surface area (Å²) < 4.78 is 0. The van der Waals surface area contributed by atoms with E-state index in [1.807, 2.05) is 14.0 Å². The summed E-state index contributed by atoms with van der Waals surface area (Å²) >= 11 is 1.68. The molecule has 3 heteroatoms. The van der Waals surface area contributed by atoms with Crippen LogP contribution in [0.5, 0.6) is 0 Å². The van der Waals surface area contributed by atoms with E-state index in [2.05, 4.69) is 12.2 Å². The molecule has 0 heterocycles. The first kappa shape index (κ1) is 9.85. The minimum absolute atomic E-state index is 0.144. The minimum Gasteiger partial charge on any atom is -0.391 e. The number of hydrogen-bond donors (Lipinski definition) is 2. The molecule has 0 aromatic heterocycles. The molecule has 0 aliphatic carbocycles. The molecule has 0 aromatic rings. The van der Waals surface area contributed by atoms with Crippen LogP contribution in [0.1, 0.15) is 13.8 Å². The van der Waals surface area contributed by atoms with Gasteiger partial charge in [-0.15, -0.1) is 11.8 Å². The van der Waals surface area contributed by atoms with Crippen molar-refractivity contribution in [3.8, 4) is 0 Å². The van der Waals surface area contributed by atoms with Crippen molar-refractivity contribution < 1.29 is 5.11 Å². The van der Waals surface area contributed by atoms with Crippen LogP contribution >= 0.6 is 11.8 Å². The SMILES string of the molecule is CCS/C(CO)=C(/C)NC. The smallest absolute Gasteiger partial charge is 0.0757 e. The van der Waals surface area contributed by atoms with Crippen molar-refractivity contribution in [1.29, 1.82) is 0 Å². The van der Waals surface area contributed by atoms with Gasteiger partial charge in [0.1, 0.15) is 0 Å². The summed E-state index contributed by atoms with van der Waals surface area (Å²) in [6.45, 7) is 4.18. The van der Waals surface area contributed by atoms with Crippen LogP contribution in [0.15, 0.2) is 10.6 Å². The molecule has 0 aliphatic heterocycles. The number of aliphatic hydroxyl groups is 1. The van der Waals surface area contributed by atoms with Gasteiger partial charge in [0, 0.05) is 17.6 Å². The summed E-state index contributed by atoms with van der Waals surface area (Å²) in [4.78, 5) is 1.03. The molecule has 2 N–H and O–H groups in total. The Labute approximate surface area is 66.7 Å². The fourth-order valence-electron chi connectivity index (χ4n) is 0.586. The van der Waals surface area contributed by atoms with Gasteiger partial charge >= 0.3 is 0 Å². The van der Waals surface area contributed by atoms with E-state index >= 15 is 0 Å². The van der Waals surface area contributed by atoms with Crippen molar-refractivity contribution in [2.45, 2.75) is 13.8 Å². The molecule has 2 nitrogen and oxygen atoms in total. The third-order valence-corrected chi connectivity index (χ3v) is 2.33. The third kappa shape index (κ3) is 3.13. The van der Waals surface area contributed by atoms with Gasteiger partial charge in [0.15, 0.2) is 0 Å². The van der Waals surface area contributed by atoms with Crippen LogP contribution < -0.4 is 5.32 Å². The summed E-state index contributed by atoms with van der Waals surface area (Å²) in [6, 6.07) is 0. The Bertz CT molecular complexity index is 123. The number of allylic oxidation sites excluding steroid dienone is 1. The summed E-state index contributed by atoms with van der Waals surface area (Å²) in [5.74, 6) is 1.01. The maximum absolute atomic E-state index is 8.84. The average molecular weight is 161 g/mol. The Balaban J connectivity index is 4.00. The largest absolute Gasteiger partial charge is 0.391 e. The van der Waals surface area contributed by atoms with E-state index in [0.717, 1.165) is 16.4 Å². The summed E-state index contributed by atoms with van der Waals surface area (Å²) in [5.41, 5.74) is 1.06. The van der Waals surface area contributed by atoms with Crippen molar-refractivity contribution in [2.75, 3.05) is 19.4 Å². The van der Waals surface area contributed by atoms with Crippen molar-refractivity contribution in [1.82, 2.24) is 5.32 Å². The first-order valence-electron chi connectivity index (χ1n) is 3.37. The van der Waals surface area contributed by atoms with E-state index in [1.165, 1.54) is 0 Å². The van der Waals surface area contributed by atoms with Crippen LogP contribution in [0, 0.1) is 0 Å². The van der Waals surface area contributed by atoms with Gasteiger partial charge in [-0.05, 0) is 12.7 Å². The molecule has 60 valence electrons. The molecule has 0 spiro atoms. The predicted molar refractivity (Wildman–Crippen MR) is 47.0 cm³/mol. The van der Waals surface area contributed by atoms with Crippen molar-refractivity contribution >= 4 is 11.8 Å². The molecule has 0 radical (unpaired) electrons. The van der Waals surface area contributed by atoms with E-state index in [1.54, 1.807) is 11.8 Å². The first-order chi connectivity index (χ1) is 4.76. The number of aliphatic hydroxyl groups excluding tert-OH is 1. The molecule has 0 rings (SSSR count). The molecular formula is C7H15NOS. The lowest BCUT2D eigenvalue weighted by molar-refractivity contribution is 0.338. The molecule has 0 atom stereocenters. The van der Waals surface area contributed by atoms with Gasteiger partial charge in [0.25, 0.3) is 0 Å². The van der Waals surface area contributed by atoms with E-state index in [9.17, 15) is 0 Å². The summed E-state index contributed by atoms with van der Waals surface area (Å²) in [6.07, 6.45) is 0. The molecule has 0 aliphatic rings. The van der Waals surface area contributed by atoms with Crippen LogP contribution in [0.25, 0.3) is 0 Å². The van der Waals surface area contributed by atoms with Gasteiger partial charge < -0.3 is 10.4 Å². The van der Waals surface area contributed by atoms with Crippen molar-refractivity contribution in [3.63, 3.8) is 0 Å². The normalized spacial score (nSPS) is 12.8. The van der Waals surface area contributed by atoms with Gasteiger partial charge in [0.2, 0.25) is 0 Å². The van der Waals surface area contributed by atoms with E-state index in [0.29, 0.717) is 0 Å². The fraction of sp³-hybridized carbons (Fsp3) is 0.714. The van der Waals surface area contributed by atoms with E-state index < -0.39 is 0 Å².